The minimum atomic E-state index is -0.890. The average Bonchev–Trinajstić information content (AvgIpc) is 3.52. The fraction of sp³-hybridized carbons (Fsp3) is 0.389. The van der Waals surface area contributed by atoms with Gasteiger partial charge in [-0.25, -0.2) is 4.98 Å². The van der Waals surface area contributed by atoms with E-state index in [1.54, 1.807) is 13.2 Å². The van der Waals surface area contributed by atoms with Crippen LogP contribution in [0.4, 0.5) is 0 Å². The molecule has 3 heterocycles. The van der Waals surface area contributed by atoms with Crippen molar-refractivity contribution in [3.05, 3.63) is 87.1 Å². The molecule has 0 spiro atoms. The van der Waals surface area contributed by atoms with Crippen molar-refractivity contribution in [3.63, 3.8) is 0 Å². The number of rotatable bonds is 9. The Morgan fingerprint density at radius 1 is 0.960 bits per heavy atom. The number of likely N-dealkylation sites (N-methyl/N-ethyl adjacent to an activating group) is 1. The quantitative estimate of drug-likeness (QED) is 0.133. The Labute approximate surface area is 310 Å². The molecule has 0 aliphatic carbocycles. The number of nitrogens with one attached hydrogen (secondary N) is 4. The minimum Gasteiger partial charge on any atom is -0.361 e. The van der Waals surface area contributed by atoms with Gasteiger partial charge in [-0.3, -0.25) is 14.4 Å². The summed E-state index contributed by atoms with van der Waals surface area (Å²) in [5.41, 5.74) is 15.1. The van der Waals surface area contributed by atoms with E-state index in [1.807, 2.05) is 54.7 Å². The molecule has 0 bridgehead atoms. The lowest BCUT2D eigenvalue weighted by Crippen LogP contribution is -2.57. The van der Waals surface area contributed by atoms with Gasteiger partial charge >= 0.3 is 0 Å². The summed E-state index contributed by atoms with van der Waals surface area (Å²) >= 11 is 11.8. The van der Waals surface area contributed by atoms with Crippen LogP contribution in [0.5, 0.6) is 0 Å². The number of aromatic nitrogens is 2. The molecular formula is C36H44BrClN8O3S. The summed E-state index contributed by atoms with van der Waals surface area (Å²) in [4.78, 5) is 52.7. The molecule has 50 heavy (non-hydrogen) atoms. The smallest absolute Gasteiger partial charge is 0.245 e. The Balaban J connectivity index is 1.57. The average molecular weight is 784 g/mol. The topological polar surface area (TPSA) is 171 Å². The fourth-order valence-electron chi connectivity index (χ4n) is 6.12. The zero-order valence-electron chi connectivity index (χ0n) is 28.0. The number of carbonyl (C=O) groups is 3. The summed E-state index contributed by atoms with van der Waals surface area (Å²) < 4.78 is 0.764. The van der Waals surface area contributed by atoms with Crippen LogP contribution >= 0.6 is 39.3 Å². The molecule has 11 nitrogen and oxygen atoms in total. The molecule has 4 aromatic rings. The van der Waals surface area contributed by atoms with Crippen LogP contribution in [0.3, 0.4) is 0 Å². The van der Waals surface area contributed by atoms with E-state index in [9.17, 15) is 14.4 Å². The Morgan fingerprint density at radius 2 is 1.74 bits per heavy atom. The first kappa shape index (κ1) is 37.8. The van der Waals surface area contributed by atoms with Crippen molar-refractivity contribution >= 4 is 67.9 Å². The summed E-state index contributed by atoms with van der Waals surface area (Å²) in [5.74, 6) is -1.000. The molecule has 8 N–H and O–H groups in total. The van der Waals surface area contributed by atoms with E-state index in [4.69, 9.17) is 23.1 Å². The Morgan fingerprint density at radius 3 is 2.54 bits per heavy atom. The van der Waals surface area contributed by atoms with Gasteiger partial charge in [0.15, 0.2) is 0 Å². The Hall–Kier alpha value is -3.46. The standard InChI is InChI=1S/C36H44BrClN8O3S/c1-46-31(17-23-20-42-28-10-3-2-9-26(23)28)34(48)44-21-24-16-25(37)18-27(38)32(24)50-35-22(8-7-15-41-35)19-43-29(12-6-14-40)33(47)45-30(36(46)49)11-4-5-13-39/h2-3,7-10,15-16,18,20,29-31,42-43H,4-6,11-14,17,19,21,39-40H2,1H3,(H,44,48)(H,45,47). The van der Waals surface area contributed by atoms with Crippen LogP contribution in [0, 0.1) is 0 Å². The molecule has 2 aromatic heterocycles. The molecule has 0 saturated carbocycles. The highest BCUT2D eigenvalue weighted by molar-refractivity contribution is 9.10. The second-order valence-electron chi connectivity index (χ2n) is 12.4. The fourth-order valence-corrected chi connectivity index (χ4v) is 8.11. The normalized spacial score (nSPS) is 19.4. The summed E-state index contributed by atoms with van der Waals surface area (Å²) in [6.07, 6.45) is 6.61. The van der Waals surface area contributed by atoms with Gasteiger partial charge in [0.25, 0.3) is 0 Å². The van der Waals surface area contributed by atoms with Gasteiger partial charge in [-0.05, 0) is 86.1 Å². The summed E-state index contributed by atoms with van der Waals surface area (Å²) in [6, 6.07) is 13.0. The molecule has 3 unspecified atom stereocenters. The molecule has 0 fully saturated rings. The zero-order valence-corrected chi connectivity index (χ0v) is 31.2. The molecule has 1 aliphatic rings. The molecule has 0 radical (unpaired) electrons. The molecule has 266 valence electrons. The van der Waals surface area contributed by atoms with Crippen molar-refractivity contribution in [3.8, 4) is 0 Å². The number of unbranched alkanes of at least 4 members (excludes halogenated alkanes) is 1. The minimum absolute atomic E-state index is 0.158. The maximum atomic E-state index is 14.4. The number of carbonyl (C=O) groups excluding carboxylic acids is 3. The van der Waals surface area contributed by atoms with Gasteiger partial charge in [0.05, 0.1) is 11.1 Å². The molecule has 3 amide bonds. The third kappa shape index (κ3) is 9.45. The van der Waals surface area contributed by atoms with Crippen LogP contribution in [0.2, 0.25) is 5.02 Å². The second-order valence-corrected chi connectivity index (χ2v) is 14.7. The van der Waals surface area contributed by atoms with E-state index in [1.165, 1.54) is 16.7 Å². The number of nitrogens with zero attached hydrogens (tertiary/aromatic N) is 2. The third-order valence-electron chi connectivity index (χ3n) is 8.91. The number of H-pyrrole nitrogens is 1. The van der Waals surface area contributed by atoms with Crippen LogP contribution in [0.25, 0.3) is 10.9 Å². The van der Waals surface area contributed by atoms with Gasteiger partial charge in [0.2, 0.25) is 17.7 Å². The molecule has 0 saturated heterocycles. The number of para-hydroxylation sites is 1. The van der Waals surface area contributed by atoms with E-state index in [0.717, 1.165) is 37.0 Å². The first-order valence-corrected chi connectivity index (χ1v) is 18.8. The van der Waals surface area contributed by atoms with Gasteiger partial charge in [-0.1, -0.05) is 63.6 Å². The molecular weight excluding hydrogens is 740 g/mol. The van der Waals surface area contributed by atoms with Gasteiger partial charge in [-0.2, -0.15) is 0 Å². The lowest BCUT2D eigenvalue weighted by Gasteiger charge is -2.32. The monoisotopic (exact) mass is 782 g/mol. The number of hydrogen-bond acceptors (Lipinski definition) is 8. The van der Waals surface area contributed by atoms with Crippen LogP contribution in [0.1, 0.15) is 48.8 Å². The van der Waals surface area contributed by atoms with Crippen LogP contribution in [-0.2, 0) is 33.9 Å². The maximum Gasteiger partial charge on any atom is 0.245 e. The number of aromatic amines is 1. The first-order chi connectivity index (χ1) is 24.2. The van der Waals surface area contributed by atoms with Crippen molar-refractivity contribution in [1.29, 1.82) is 0 Å². The summed E-state index contributed by atoms with van der Waals surface area (Å²) in [7, 11) is 1.63. The Kier molecular flexibility index (Phi) is 13.7. The molecule has 2 aromatic carbocycles. The molecule has 1 aliphatic heterocycles. The van der Waals surface area contributed by atoms with Gasteiger partial charge < -0.3 is 37.3 Å². The van der Waals surface area contributed by atoms with Crippen molar-refractivity contribution < 1.29 is 14.4 Å². The third-order valence-corrected chi connectivity index (χ3v) is 11.0. The van der Waals surface area contributed by atoms with E-state index in [-0.39, 0.29) is 30.7 Å². The highest BCUT2D eigenvalue weighted by Gasteiger charge is 2.34. The van der Waals surface area contributed by atoms with Crippen LogP contribution in [-0.4, -0.2) is 70.9 Å². The largest absolute Gasteiger partial charge is 0.361 e. The molecule has 14 heteroatoms. The SMILES string of the molecule is CN1C(=O)C(CCCCN)NC(=O)C(CCCN)NCc2cccnc2Sc2c(Cl)cc(Br)cc2CNC(=O)C1Cc1c[nH]c2ccccc12. The van der Waals surface area contributed by atoms with Crippen LogP contribution < -0.4 is 27.4 Å². The van der Waals surface area contributed by atoms with Crippen molar-refractivity contribution in [2.45, 2.75) is 79.7 Å². The number of amides is 3. The lowest BCUT2D eigenvalue weighted by molar-refractivity contribution is -0.142. The van der Waals surface area contributed by atoms with Crippen LogP contribution in [0.15, 0.2) is 75.3 Å². The van der Waals surface area contributed by atoms with Gasteiger partial charge in [0, 0.05) is 59.2 Å². The van der Waals surface area contributed by atoms with Crippen molar-refractivity contribution in [2.75, 3.05) is 20.1 Å². The highest BCUT2D eigenvalue weighted by Crippen LogP contribution is 2.38. The predicted molar refractivity (Wildman–Crippen MR) is 202 cm³/mol. The highest BCUT2D eigenvalue weighted by atomic mass is 79.9. The zero-order chi connectivity index (χ0) is 35.6. The first-order valence-electron chi connectivity index (χ1n) is 16.8. The van der Waals surface area contributed by atoms with Crippen molar-refractivity contribution in [1.82, 2.24) is 30.8 Å². The van der Waals surface area contributed by atoms with E-state index >= 15 is 0 Å². The molecule has 3 atom stereocenters. The number of benzene rings is 2. The predicted octanol–water partition coefficient (Wildman–Crippen LogP) is 4.64. The molecule has 5 rings (SSSR count). The number of pyridine rings is 1. The van der Waals surface area contributed by atoms with E-state index in [2.05, 4.69) is 41.8 Å². The number of nitrogens with two attached hydrogens (primary N) is 2. The van der Waals surface area contributed by atoms with Gasteiger partial charge in [0.1, 0.15) is 17.1 Å². The second kappa shape index (κ2) is 18.2. The lowest BCUT2D eigenvalue weighted by atomic mass is 10.0. The number of fused-ring (bicyclic) bond motifs is 3. The van der Waals surface area contributed by atoms with E-state index < -0.39 is 18.1 Å². The number of halogens is 2. The maximum absolute atomic E-state index is 14.4. The van der Waals surface area contributed by atoms with Gasteiger partial charge in [-0.15, -0.1) is 0 Å². The summed E-state index contributed by atoms with van der Waals surface area (Å²) in [6.45, 7) is 1.38. The Bertz CT molecular complexity index is 1810. The van der Waals surface area contributed by atoms with E-state index in [0.29, 0.717) is 61.8 Å². The summed E-state index contributed by atoms with van der Waals surface area (Å²) in [5, 5.41) is 11.7. The van der Waals surface area contributed by atoms with Crippen molar-refractivity contribution in [2.24, 2.45) is 11.5 Å². The number of hydrogen-bond donors (Lipinski definition) is 6.